The molecule has 0 bridgehead atoms. The van der Waals surface area contributed by atoms with Crippen LogP contribution in [0.2, 0.25) is 0 Å². The molecule has 5 nitrogen and oxygen atoms in total. The molecule has 0 aliphatic carbocycles. The zero-order valence-corrected chi connectivity index (χ0v) is 15.5. The Hall–Kier alpha value is -0.280. The lowest BCUT2D eigenvalue weighted by Crippen LogP contribution is -2.55. The maximum Gasteiger partial charge on any atom is 0.239 e. The maximum absolute atomic E-state index is 12.4. The van der Waals surface area contributed by atoms with Crippen LogP contribution in [0.5, 0.6) is 0 Å². The summed E-state index contributed by atoms with van der Waals surface area (Å²) in [6, 6.07) is 1.40. The highest BCUT2D eigenvalue weighted by molar-refractivity contribution is 9.12. The summed E-state index contributed by atoms with van der Waals surface area (Å²) in [7, 11) is 0. The van der Waals surface area contributed by atoms with Crippen LogP contribution in [-0.4, -0.2) is 55.5 Å². The van der Waals surface area contributed by atoms with Gasteiger partial charge < -0.3 is 10.1 Å². The zero-order valence-electron chi connectivity index (χ0n) is 11.5. The van der Waals surface area contributed by atoms with Crippen LogP contribution in [0.3, 0.4) is 0 Å². The number of ketones is 1. The fourth-order valence-electron chi connectivity index (χ4n) is 2.16. The lowest BCUT2D eigenvalue weighted by Gasteiger charge is -2.33. The monoisotopic (exact) mass is 438 g/mol. The van der Waals surface area contributed by atoms with Crippen molar-refractivity contribution in [2.75, 3.05) is 32.8 Å². The SMILES string of the molecule is CCNC(=O)C1COCCN1CC(=O)c1cc(Br)sc1Br. The van der Waals surface area contributed by atoms with Crippen LogP contribution in [-0.2, 0) is 9.53 Å². The summed E-state index contributed by atoms with van der Waals surface area (Å²) in [6.07, 6.45) is 0. The Labute approximate surface area is 144 Å². The van der Waals surface area contributed by atoms with Crippen molar-refractivity contribution >= 4 is 54.9 Å². The Morgan fingerprint density at radius 3 is 2.90 bits per heavy atom. The highest BCUT2D eigenvalue weighted by atomic mass is 79.9. The van der Waals surface area contributed by atoms with Gasteiger partial charge in [-0.2, -0.15) is 0 Å². The standard InChI is InChI=1S/C13H16Br2N2O3S/c1-2-16-13(19)9-7-20-4-3-17(9)6-10(18)8-5-11(14)21-12(8)15/h5,9H,2-4,6-7H2,1H3,(H,16,19). The number of carbonyl (C=O) groups is 2. The van der Waals surface area contributed by atoms with E-state index in [-0.39, 0.29) is 18.2 Å². The minimum atomic E-state index is -0.400. The number of likely N-dealkylation sites (N-methyl/N-ethyl adjacent to an activating group) is 1. The summed E-state index contributed by atoms with van der Waals surface area (Å²) in [6.45, 7) is 4.10. The summed E-state index contributed by atoms with van der Waals surface area (Å²) in [4.78, 5) is 26.3. The van der Waals surface area contributed by atoms with Gasteiger partial charge in [0.1, 0.15) is 6.04 Å². The van der Waals surface area contributed by atoms with Gasteiger partial charge in [0.2, 0.25) is 5.91 Å². The van der Waals surface area contributed by atoms with E-state index in [4.69, 9.17) is 4.74 Å². The second-order valence-corrected chi connectivity index (χ2v) is 8.37. The topological polar surface area (TPSA) is 58.6 Å². The minimum absolute atomic E-state index is 0.0000217. The van der Waals surface area contributed by atoms with Gasteiger partial charge in [-0.1, -0.05) is 0 Å². The number of Topliss-reactive ketones (excluding diaryl/α,β-unsaturated/α-hetero) is 1. The number of rotatable bonds is 5. The first-order valence-electron chi connectivity index (χ1n) is 6.60. The van der Waals surface area contributed by atoms with Crippen molar-refractivity contribution < 1.29 is 14.3 Å². The molecule has 1 amide bonds. The van der Waals surface area contributed by atoms with Gasteiger partial charge in [-0.3, -0.25) is 14.5 Å². The van der Waals surface area contributed by atoms with Crippen LogP contribution in [0.1, 0.15) is 17.3 Å². The molecule has 1 unspecified atom stereocenters. The molecule has 2 heterocycles. The van der Waals surface area contributed by atoms with E-state index < -0.39 is 6.04 Å². The molecule has 2 rings (SSSR count). The predicted octanol–water partition coefficient (Wildman–Crippen LogP) is 2.29. The van der Waals surface area contributed by atoms with Gasteiger partial charge in [0.25, 0.3) is 0 Å². The van der Waals surface area contributed by atoms with Crippen LogP contribution >= 0.6 is 43.2 Å². The van der Waals surface area contributed by atoms with Crippen molar-refractivity contribution in [3.63, 3.8) is 0 Å². The Morgan fingerprint density at radius 1 is 1.52 bits per heavy atom. The van der Waals surface area contributed by atoms with Crippen LogP contribution < -0.4 is 5.32 Å². The number of ether oxygens (including phenoxy) is 1. The zero-order chi connectivity index (χ0) is 15.4. The lowest BCUT2D eigenvalue weighted by atomic mass is 10.1. The van der Waals surface area contributed by atoms with Gasteiger partial charge in [-0.15, -0.1) is 11.3 Å². The van der Waals surface area contributed by atoms with Crippen LogP contribution in [0, 0.1) is 0 Å². The van der Waals surface area contributed by atoms with E-state index in [1.54, 1.807) is 6.07 Å². The lowest BCUT2D eigenvalue weighted by molar-refractivity contribution is -0.131. The normalized spacial score (nSPS) is 19.5. The molecule has 1 N–H and O–H groups in total. The van der Waals surface area contributed by atoms with Crippen molar-refractivity contribution in [3.8, 4) is 0 Å². The number of thiophene rings is 1. The van der Waals surface area contributed by atoms with Crippen molar-refractivity contribution in [1.82, 2.24) is 10.2 Å². The minimum Gasteiger partial charge on any atom is -0.378 e. The largest absolute Gasteiger partial charge is 0.378 e. The van der Waals surface area contributed by atoms with Crippen molar-refractivity contribution in [2.45, 2.75) is 13.0 Å². The first-order valence-corrected chi connectivity index (χ1v) is 9.00. The van der Waals surface area contributed by atoms with E-state index in [1.165, 1.54) is 11.3 Å². The molecule has 1 aromatic rings. The number of nitrogens with one attached hydrogen (secondary N) is 1. The summed E-state index contributed by atoms with van der Waals surface area (Å²) in [5, 5.41) is 2.79. The smallest absolute Gasteiger partial charge is 0.239 e. The van der Waals surface area contributed by atoms with E-state index in [1.807, 2.05) is 11.8 Å². The van der Waals surface area contributed by atoms with Crippen molar-refractivity contribution in [2.24, 2.45) is 0 Å². The average molecular weight is 440 g/mol. The van der Waals surface area contributed by atoms with E-state index in [0.29, 0.717) is 31.9 Å². The Kier molecular flexibility index (Phi) is 6.36. The Bertz CT molecular complexity index is 535. The molecule has 21 heavy (non-hydrogen) atoms. The predicted molar refractivity (Wildman–Crippen MR) is 88.9 cm³/mol. The maximum atomic E-state index is 12.4. The molecule has 1 saturated heterocycles. The molecule has 1 aliphatic heterocycles. The first-order chi connectivity index (χ1) is 10.0. The first kappa shape index (κ1) is 17.1. The van der Waals surface area contributed by atoms with Gasteiger partial charge in [-0.05, 0) is 44.8 Å². The summed E-state index contributed by atoms with van der Waals surface area (Å²) < 4.78 is 7.08. The van der Waals surface area contributed by atoms with E-state index >= 15 is 0 Å². The third kappa shape index (κ3) is 4.35. The number of morpholine rings is 1. The van der Waals surface area contributed by atoms with Gasteiger partial charge >= 0.3 is 0 Å². The molecule has 8 heteroatoms. The van der Waals surface area contributed by atoms with E-state index in [0.717, 1.165) is 7.57 Å². The number of carbonyl (C=O) groups excluding carboxylic acids is 2. The van der Waals surface area contributed by atoms with Gasteiger partial charge in [0.05, 0.1) is 27.3 Å². The molecule has 0 aromatic carbocycles. The fraction of sp³-hybridized carbons (Fsp3) is 0.538. The second kappa shape index (κ2) is 7.82. The highest BCUT2D eigenvalue weighted by Gasteiger charge is 2.31. The molecule has 0 spiro atoms. The quantitative estimate of drug-likeness (QED) is 0.715. The molecule has 1 atom stereocenters. The van der Waals surface area contributed by atoms with E-state index in [9.17, 15) is 9.59 Å². The highest BCUT2D eigenvalue weighted by Crippen LogP contribution is 2.32. The fourth-order valence-corrected chi connectivity index (χ4v) is 5.02. The number of nitrogens with zero attached hydrogens (tertiary/aromatic N) is 1. The Morgan fingerprint density at radius 2 is 2.29 bits per heavy atom. The molecule has 116 valence electrons. The summed E-state index contributed by atoms with van der Waals surface area (Å²) in [5.74, 6) is -0.0874. The molecule has 1 aliphatic rings. The van der Waals surface area contributed by atoms with Crippen LogP contribution in [0.25, 0.3) is 0 Å². The number of hydrogen-bond donors (Lipinski definition) is 1. The average Bonchev–Trinajstić information content (AvgIpc) is 2.78. The van der Waals surface area contributed by atoms with Gasteiger partial charge in [0.15, 0.2) is 5.78 Å². The Balaban J connectivity index is 2.06. The number of amides is 1. The van der Waals surface area contributed by atoms with Crippen LogP contribution in [0.15, 0.2) is 13.6 Å². The second-order valence-electron chi connectivity index (χ2n) is 4.62. The van der Waals surface area contributed by atoms with Crippen LogP contribution in [0.4, 0.5) is 0 Å². The molecular weight excluding hydrogens is 424 g/mol. The number of hydrogen-bond acceptors (Lipinski definition) is 5. The number of halogens is 2. The van der Waals surface area contributed by atoms with Crippen molar-refractivity contribution in [3.05, 3.63) is 19.2 Å². The molecule has 0 radical (unpaired) electrons. The molecule has 1 aromatic heterocycles. The van der Waals surface area contributed by atoms with Crippen molar-refractivity contribution in [1.29, 1.82) is 0 Å². The third-order valence-corrected chi connectivity index (χ3v) is 5.54. The molecular formula is C13H16Br2N2O3S. The molecule has 0 saturated carbocycles. The van der Waals surface area contributed by atoms with Gasteiger partial charge in [-0.25, -0.2) is 0 Å². The molecule has 1 fully saturated rings. The summed E-state index contributed by atoms with van der Waals surface area (Å²) >= 11 is 8.23. The van der Waals surface area contributed by atoms with Gasteiger partial charge in [0, 0.05) is 18.7 Å². The third-order valence-electron chi connectivity index (χ3n) is 3.20. The van der Waals surface area contributed by atoms with E-state index in [2.05, 4.69) is 37.2 Å². The summed E-state index contributed by atoms with van der Waals surface area (Å²) in [5.41, 5.74) is 0.646.